The van der Waals surface area contributed by atoms with Gasteiger partial charge in [0, 0.05) is 24.7 Å². The molecule has 0 saturated heterocycles. The van der Waals surface area contributed by atoms with Crippen LogP contribution in [0.15, 0.2) is 30.6 Å². The van der Waals surface area contributed by atoms with Crippen molar-refractivity contribution in [2.24, 2.45) is 5.92 Å². The van der Waals surface area contributed by atoms with Crippen LogP contribution in [0.4, 0.5) is 0 Å². The second-order valence-electron chi connectivity index (χ2n) is 9.37. The first-order chi connectivity index (χ1) is 16.2. The molecule has 0 bridgehead atoms. The van der Waals surface area contributed by atoms with Crippen molar-refractivity contribution in [2.75, 3.05) is 19.6 Å². The molecule has 9 heteroatoms. The largest absolute Gasteiger partial charge is 0.354 e. The van der Waals surface area contributed by atoms with Crippen molar-refractivity contribution in [1.29, 1.82) is 0 Å². The van der Waals surface area contributed by atoms with E-state index in [0.717, 1.165) is 12.0 Å². The van der Waals surface area contributed by atoms with Gasteiger partial charge >= 0.3 is 0 Å². The number of halogens is 1. The smallest absolute Gasteiger partial charge is 0.273 e. The Kier molecular flexibility index (Phi) is 8.36. The Morgan fingerprint density at radius 1 is 1.18 bits per heavy atom. The minimum Gasteiger partial charge on any atom is -0.354 e. The molecule has 8 nitrogen and oxygen atoms in total. The SMILES string of the molecule is CCCN1C(=O)c2c(C(=O)NCCc3ccc(Cl)cc3)ncn2CC1(C)C(=O)NCCC(C)C. The lowest BCUT2D eigenvalue weighted by molar-refractivity contribution is -0.132. The molecular weight excluding hydrogens is 454 g/mol. The van der Waals surface area contributed by atoms with E-state index in [1.807, 2.05) is 19.1 Å². The van der Waals surface area contributed by atoms with Crippen LogP contribution in [-0.2, 0) is 17.8 Å². The first-order valence-electron chi connectivity index (χ1n) is 11.9. The maximum atomic E-state index is 13.5. The van der Waals surface area contributed by atoms with Gasteiger partial charge in [-0.3, -0.25) is 14.4 Å². The molecule has 2 N–H and O–H groups in total. The third-order valence-corrected chi connectivity index (χ3v) is 6.38. The number of aromatic nitrogens is 2. The highest BCUT2D eigenvalue weighted by Crippen LogP contribution is 2.29. The van der Waals surface area contributed by atoms with Crippen molar-refractivity contribution >= 4 is 29.3 Å². The summed E-state index contributed by atoms with van der Waals surface area (Å²) in [4.78, 5) is 45.4. The molecule has 1 aromatic heterocycles. The number of fused-ring (bicyclic) bond motifs is 1. The third kappa shape index (κ3) is 5.60. The molecule has 2 aromatic rings. The van der Waals surface area contributed by atoms with Gasteiger partial charge in [0.1, 0.15) is 11.2 Å². The van der Waals surface area contributed by atoms with E-state index in [0.29, 0.717) is 43.4 Å². The number of hydrogen-bond donors (Lipinski definition) is 2. The zero-order valence-electron chi connectivity index (χ0n) is 20.4. The summed E-state index contributed by atoms with van der Waals surface area (Å²) >= 11 is 5.91. The summed E-state index contributed by atoms with van der Waals surface area (Å²) < 4.78 is 1.63. The average Bonchev–Trinajstić information content (AvgIpc) is 3.21. The van der Waals surface area contributed by atoms with Crippen molar-refractivity contribution in [3.8, 4) is 0 Å². The maximum absolute atomic E-state index is 13.5. The minimum absolute atomic E-state index is 0.0875. The van der Waals surface area contributed by atoms with Gasteiger partial charge in [0.05, 0.1) is 12.9 Å². The number of rotatable bonds is 10. The zero-order chi connectivity index (χ0) is 24.9. The first kappa shape index (κ1) is 25.7. The van der Waals surface area contributed by atoms with E-state index in [9.17, 15) is 14.4 Å². The number of benzene rings is 1. The molecule has 2 heterocycles. The number of nitrogens with one attached hydrogen (secondary N) is 2. The molecule has 0 aliphatic carbocycles. The van der Waals surface area contributed by atoms with Gasteiger partial charge in [-0.1, -0.05) is 44.5 Å². The van der Waals surface area contributed by atoms with Gasteiger partial charge in [-0.25, -0.2) is 4.98 Å². The molecule has 34 heavy (non-hydrogen) atoms. The Labute approximate surface area is 206 Å². The second kappa shape index (κ2) is 11.0. The molecule has 0 fully saturated rings. The molecule has 1 aliphatic rings. The van der Waals surface area contributed by atoms with Crippen molar-refractivity contribution in [1.82, 2.24) is 25.1 Å². The van der Waals surface area contributed by atoms with Crippen LogP contribution in [0.2, 0.25) is 5.02 Å². The van der Waals surface area contributed by atoms with Gasteiger partial charge in [-0.05, 0) is 49.8 Å². The van der Waals surface area contributed by atoms with Gasteiger partial charge in [-0.15, -0.1) is 0 Å². The molecule has 1 atom stereocenters. The molecule has 1 unspecified atom stereocenters. The van der Waals surface area contributed by atoms with Crippen LogP contribution in [-0.4, -0.2) is 57.3 Å². The highest BCUT2D eigenvalue weighted by Gasteiger charge is 2.48. The van der Waals surface area contributed by atoms with Crippen molar-refractivity contribution < 1.29 is 14.4 Å². The van der Waals surface area contributed by atoms with E-state index < -0.39 is 11.4 Å². The first-order valence-corrected chi connectivity index (χ1v) is 12.2. The Bertz CT molecular complexity index is 1030. The van der Waals surface area contributed by atoms with E-state index in [2.05, 4.69) is 29.5 Å². The molecule has 3 rings (SSSR count). The number of imidazole rings is 1. The van der Waals surface area contributed by atoms with Gasteiger partial charge in [0.25, 0.3) is 11.8 Å². The van der Waals surface area contributed by atoms with Crippen LogP contribution in [0.1, 0.15) is 67.1 Å². The van der Waals surface area contributed by atoms with E-state index >= 15 is 0 Å². The Morgan fingerprint density at radius 3 is 2.53 bits per heavy atom. The van der Waals surface area contributed by atoms with Crippen LogP contribution in [0.25, 0.3) is 0 Å². The van der Waals surface area contributed by atoms with E-state index in [4.69, 9.17) is 11.6 Å². The summed E-state index contributed by atoms with van der Waals surface area (Å²) in [5.74, 6) is -0.482. The molecular formula is C25H34ClN5O3. The number of carbonyl (C=O) groups excluding carboxylic acids is 3. The topological polar surface area (TPSA) is 96.3 Å². The molecule has 0 radical (unpaired) electrons. The number of nitrogens with zero attached hydrogens (tertiary/aromatic N) is 3. The lowest BCUT2D eigenvalue weighted by Gasteiger charge is -2.43. The summed E-state index contributed by atoms with van der Waals surface area (Å²) in [6.45, 7) is 9.54. The fourth-order valence-corrected chi connectivity index (χ4v) is 4.27. The van der Waals surface area contributed by atoms with Crippen molar-refractivity contribution in [3.63, 3.8) is 0 Å². The molecule has 1 aromatic carbocycles. The molecule has 0 spiro atoms. The molecule has 3 amide bonds. The number of hydrogen-bond acceptors (Lipinski definition) is 4. The summed E-state index contributed by atoms with van der Waals surface area (Å²) in [5, 5.41) is 6.50. The molecule has 0 saturated carbocycles. The normalized spacial score (nSPS) is 17.6. The average molecular weight is 488 g/mol. The van der Waals surface area contributed by atoms with Crippen molar-refractivity contribution in [3.05, 3.63) is 52.6 Å². The Balaban J connectivity index is 1.75. The van der Waals surface area contributed by atoms with Crippen LogP contribution >= 0.6 is 11.6 Å². The van der Waals surface area contributed by atoms with E-state index in [1.54, 1.807) is 28.5 Å². The standard InChI is InChI=1S/C25H34ClN5O3/c1-5-14-31-23(33)21-20(22(32)27-13-11-18-6-8-19(26)9-7-18)29-16-30(21)15-25(31,4)24(34)28-12-10-17(2)3/h6-9,16-17H,5,10-15H2,1-4H3,(H,27,32)(H,28,34). The van der Waals surface area contributed by atoms with Gasteiger partial charge in [0.2, 0.25) is 5.91 Å². The third-order valence-electron chi connectivity index (χ3n) is 6.13. The second-order valence-corrected chi connectivity index (χ2v) is 9.81. The van der Waals surface area contributed by atoms with E-state index in [1.165, 1.54) is 6.33 Å². The summed E-state index contributed by atoms with van der Waals surface area (Å²) in [6, 6.07) is 7.43. The number of amides is 3. The molecule has 184 valence electrons. The lowest BCUT2D eigenvalue weighted by atomic mass is 9.93. The predicted molar refractivity (Wildman–Crippen MR) is 132 cm³/mol. The number of carbonyl (C=O) groups is 3. The fraction of sp³-hybridized carbons (Fsp3) is 0.520. The van der Waals surface area contributed by atoms with Crippen LogP contribution in [0.3, 0.4) is 0 Å². The Morgan fingerprint density at radius 2 is 1.88 bits per heavy atom. The summed E-state index contributed by atoms with van der Waals surface area (Å²) in [6.07, 6.45) is 3.66. The minimum atomic E-state index is -1.06. The van der Waals surface area contributed by atoms with Gasteiger partial charge < -0.3 is 20.1 Å². The van der Waals surface area contributed by atoms with Crippen LogP contribution in [0, 0.1) is 5.92 Å². The zero-order valence-corrected chi connectivity index (χ0v) is 21.1. The predicted octanol–water partition coefficient (Wildman–Crippen LogP) is 3.30. The fourth-order valence-electron chi connectivity index (χ4n) is 4.15. The quantitative estimate of drug-likeness (QED) is 0.537. The molecule has 1 aliphatic heterocycles. The van der Waals surface area contributed by atoms with Gasteiger partial charge in [0.15, 0.2) is 5.69 Å². The van der Waals surface area contributed by atoms with Gasteiger partial charge in [-0.2, -0.15) is 0 Å². The van der Waals surface area contributed by atoms with Crippen LogP contribution < -0.4 is 10.6 Å². The monoisotopic (exact) mass is 487 g/mol. The van der Waals surface area contributed by atoms with Crippen LogP contribution in [0.5, 0.6) is 0 Å². The van der Waals surface area contributed by atoms with Crippen molar-refractivity contribution in [2.45, 2.75) is 59.0 Å². The maximum Gasteiger partial charge on any atom is 0.273 e. The van der Waals surface area contributed by atoms with E-state index in [-0.39, 0.29) is 29.7 Å². The highest BCUT2D eigenvalue weighted by molar-refractivity contribution is 6.30. The Hall–Kier alpha value is -2.87. The summed E-state index contributed by atoms with van der Waals surface area (Å²) in [5.41, 5.74) is 0.301. The highest BCUT2D eigenvalue weighted by atomic mass is 35.5. The lowest BCUT2D eigenvalue weighted by Crippen LogP contribution is -2.64. The summed E-state index contributed by atoms with van der Waals surface area (Å²) in [7, 11) is 0.